The van der Waals surface area contributed by atoms with Gasteiger partial charge in [0.2, 0.25) is 0 Å². The Kier molecular flexibility index (Phi) is 4.74. The second-order valence-corrected chi connectivity index (χ2v) is 4.52. The maximum atomic E-state index is 5.68. The lowest BCUT2D eigenvalue weighted by Gasteiger charge is -2.14. The van der Waals surface area contributed by atoms with Crippen molar-refractivity contribution in [1.29, 1.82) is 0 Å². The van der Waals surface area contributed by atoms with E-state index in [9.17, 15) is 0 Å². The lowest BCUT2D eigenvalue weighted by Crippen LogP contribution is -2.29. The monoisotopic (exact) mass is 184 g/mol. The standard InChI is InChI=1S/C11H24N2/c1-3-4-10(6-12)7-13-8-11-5-9(11)2/h9-11,13H,3-8,12H2,1-2H3. The van der Waals surface area contributed by atoms with E-state index < -0.39 is 0 Å². The molecule has 0 aromatic carbocycles. The molecule has 0 saturated heterocycles. The van der Waals surface area contributed by atoms with E-state index in [0.29, 0.717) is 5.92 Å². The van der Waals surface area contributed by atoms with Gasteiger partial charge in [-0.15, -0.1) is 0 Å². The van der Waals surface area contributed by atoms with Crippen molar-refractivity contribution in [3.8, 4) is 0 Å². The number of nitrogens with two attached hydrogens (primary N) is 1. The lowest BCUT2D eigenvalue weighted by molar-refractivity contribution is 0.442. The minimum atomic E-state index is 0.694. The highest BCUT2D eigenvalue weighted by Crippen LogP contribution is 2.36. The van der Waals surface area contributed by atoms with Crippen LogP contribution >= 0.6 is 0 Å². The molecule has 1 saturated carbocycles. The van der Waals surface area contributed by atoms with E-state index in [1.54, 1.807) is 0 Å². The van der Waals surface area contributed by atoms with Crippen molar-refractivity contribution >= 4 is 0 Å². The highest BCUT2D eigenvalue weighted by Gasteiger charge is 2.31. The van der Waals surface area contributed by atoms with E-state index in [0.717, 1.165) is 24.9 Å². The molecular formula is C11H24N2. The van der Waals surface area contributed by atoms with Gasteiger partial charge in [-0.1, -0.05) is 20.3 Å². The Balaban J connectivity index is 1.96. The lowest BCUT2D eigenvalue weighted by atomic mass is 10.0. The Hall–Kier alpha value is -0.0800. The predicted molar refractivity (Wildman–Crippen MR) is 57.6 cm³/mol. The molecule has 0 aromatic rings. The molecular weight excluding hydrogens is 160 g/mol. The highest BCUT2D eigenvalue weighted by molar-refractivity contribution is 4.84. The molecule has 0 heterocycles. The zero-order valence-corrected chi connectivity index (χ0v) is 9.05. The maximum Gasteiger partial charge on any atom is -0.000834 e. The van der Waals surface area contributed by atoms with E-state index in [2.05, 4.69) is 19.2 Å². The van der Waals surface area contributed by atoms with Gasteiger partial charge in [-0.3, -0.25) is 0 Å². The molecule has 0 aliphatic heterocycles. The second kappa shape index (κ2) is 5.61. The predicted octanol–water partition coefficient (Wildman–Crippen LogP) is 1.61. The number of nitrogens with one attached hydrogen (secondary N) is 1. The van der Waals surface area contributed by atoms with Gasteiger partial charge in [0, 0.05) is 0 Å². The van der Waals surface area contributed by atoms with Gasteiger partial charge in [-0.05, 0) is 50.2 Å². The molecule has 0 bridgehead atoms. The summed E-state index contributed by atoms with van der Waals surface area (Å²) in [6.07, 6.45) is 3.95. The van der Waals surface area contributed by atoms with Gasteiger partial charge < -0.3 is 11.1 Å². The summed E-state index contributed by atoms with van der Waals surface area (Å²) in [7, 11) is 0. The molecule has 0 spiro atoms. The fourth-order valence-electron chi connectivity index (χ4n) is 1.87. The molecule has 2 nitrogen and oxygen atoms in total. The van der Waals surface area contributed by atoms with Gasteiger partial charge in [0.05, 0.1) is 0 Å². The largest absolute Gasteiger partial charge is 0.330 e. The van der Waals surface area contributed by atoms with E-state index in [1.165, 1.54) is 25.8 Å². The van der Waals surface area contributed by atoms with E-state index in [-0.39, 0.29) is 0 Å². The molecule has 0 aromatic heterocycles. The number of rotatable bonds is 7. The van der Waals surface area contributed by atoms with Crippen molar-refractivity contribution in [2.75, 3.05) is 19.6 Å². The van der Waals surface area contributed by atoms with Crippen molar-refractivity contribution in [2.45, 2.75) is 33.1 Å². The minimum absolute atomic E-state index is 0.694. The van der Waals surface area contributed by atoms with Gasteiger partial charge in [-0.2, -0.15) is 0 Å². The van der Waals surface area contributed by atoms with Crippen LogP contribution in [0.1, 0.15) is 33.1 Å². The van der Waals surface area contributed by atoms with E-state index in [4.69, 9.17) is 5.73 Å². The molecule has 1 aliphatic rings. The zero-order chi connectivity index (χ0) is 9.68. The summed E-state index contributed by atoms with van der Waals surface area (Å²) < 4.78 is 0. The van der Waals surface area contributed by atoms with Gasteiger partial charge in [0.1, 0.15) is 0 Å². The van der Waals surface area contributed by atoms with Crippen molar-refractivity contribution < 1.29 is 0 Å². The third-order valence-electron chi connectivity index (χ3n) is 3.15. The van der Waals surface area contributed by atoms with Crippen molar-refractivity contribution in [2.24, 2.45) is 23.5 Å². The van der Waals surface area contributed by atoms with Crippen LogP contribution in [0, 0.1) is 17.8 Å². The average molecular weight is 184 g/mol. The van der Waals surface area contributed by atoms with Crippen LogP contribution in [0.4, 0.5) is 0 Å². The summed E-state index contributed by atoms with van der Waals surface area (Å²) in [5, 5.41) is 3.53. The van der Waals surface area contributed by atoms with E-state index in [1.807, 2.05) is 0 Å². The van der Waals surface area contributed by atoms with Crippen LogP contribution in [0.25, 0.3) is 0 Å². The van der Waals surface area contributed by atoms with Crippen LogP contribution in [-0.2, 0) is 0 Å². The van der Waals surface area contributed by atoms with E-state index >= 15 is 0 Å². The van der Waals surface area contributed by atoms with Gasteiger partial charge >= 0.3 is 0 Å². The first-order valence-electron chi connectivity index (χ1n) is 5.68. The third-order valence-corrected chi connectivity index (χ3v) is 3.15. The van der Waals surface area contributed by atoms with Gasteiger partial charge in [0.15, 0.2) is 0 Å². The Bertz CT molecular complexity index is 136. The molecule has 1 rings (SSSR count). The summed E-state index contributed by atoms with van der Waals surface area (Å²) in [6, 6.07) is 0. The highest BCUT2D eigenvalue weighted by atomic mass is 14.9. The SMILES string of the molecule is CCCC(CN)CNCC1CC1C. The second-order valence-electron chi connectivity index (χ2n) is 4.52. The molecule has 78 valence electrons. The first kappa shape index (κ1) is 11.0. The summed E-state index contributed by atoms with van der Waals surface area (Å²) >= 11 is 0. The van der Waals surface area contributed by atoms with Crippen molar-refractivity contribution in [3.63, 3.8) is 0 Å². The smallest absolute Gasteiger partial charge is 0.000834 e. The van der Waals surface area contributed by atoms with Gasteiger partial charge in [0.25, 0.3) is 0 Å². The van der Waals surface area contributed by atoms with Crippen molar-refractivity contribution in [3.05, 3.63) is 0 Å². The molecule has 0 amide bonds. The zero-order valence-electron chi connectivity index (χ0n) is 9.05. The van der Waals surface area contributed by atoms with Crippen LogP contribution in [0.3, 0.4) is 0 Å². The summed E-state index contributed by atoms with van der Waals surface area (Å²) in [5.74, 6) is 2.62. The third kappa shape index (κ3) is 4.10. The Morgan fingerprint density at radius 2 is 2.23 bits per heavy atom. The first-order valence-corrected chi connectivity index (χ1v) is 5.68. The number of hydrogen-bond donors (Lipinski definition) is 2. The topological polar surface area (TPSA) is 38.0 Å². The molecule has 2 heteroatoms. The molecule has 1 aliphatic carbocycles. The fraction of sp³-hybridized carbons (Fsp3) is 1.00. The van der Waals surface area contributed by atoms with Crippen LogP contribution in [-0.4, -0.2) is 19.6 Å². The molecule has 13 heavy (non-hydrogen) atoms. The minimum Gasteiger partial charge on any atom is -0.330 e. The molecule has 3 unspecified atom stereocenters. The molecule has 3 N–H and O–H groups in total. The van der Waals surface area contributed by atoms with Crippen LogP contribution in [0.2, 0.25) is 0 Å². The average Bonchev–Trinajstić information content (AvgIpc) is 2.81. The summed E-state index contributed by atoms with van der Waals surface area (Å²) in [6.45, 7) is 7.72. The normalized spacial score (nSPS) is 28.8. The fourth-order valence-corrected chi connectivity index (χ4v) is 1.87. The van der Waals surface area contributed by atoms with Gasteiger partial charge in [-0.25, -0.2) is 0 Å². The van der Waals surface area contributed by atoms with Crippen molar-refractivity contribution in [1.82, 2.24) is 5.32 Å². The maximum absolute atomic E-state index is 5.68. The molecule has 0 radical (unpaired) electrons. The molecule has 3 atom stereocenters. The molecule has 1 fully saturated rings. The Morgan fingerprint density at radius 3 is 2.69 bits per heavy atom. The van der Waals surface area contributed by atoms with Crippen LogP contribution in [0.15, 0.2) is 0 Å². The summed E-state index contributed by atoms with van der Waals surface area (Å²) in [4.78, 5) is 0. The Labute approximate surface area is 82.3 Å². The van der Waals surface area contributed by atoms with Crippen LogP contribution < -0.4 is 11.1 Å². The van der Waals surface area contributed by atoms with Crippen LogP contribution in [0.5, 0.6) is 0 Å². The Morgan fingerprint density at radius 1 is 1.54 bits per heavy atom. The summed E-state index contributed by atoms with van der Waals surface area (Å²) in [5.41, 5.74) is 5.68. The first-order chi connectivity index (χ1) is 6.27. The quantitative estimate of drug-likeness (QED) is 0.631. The number of hydrogen-bond acceptors (Lipinski definition) is 2.